The molecule has 0 atom stereocenters. The van der Waals surface area contributed by atoms with E-state index in [9.17, 15) is 9.59 Å². The van der Waals surface area contributed by atoms with E-state index in [0.29, 0.717) is 5.01 Å². The molecule has 0 aromatic heterocycles. The van der Waals surface area contributed by atoms with Crippen LogP contribution in [-0.2, 0) is 16.2 Å². The number of carbonyl (C=O) groups excluding carboxylic acids is 2. The Kier molecular flexibility index (Phi) is 6.10. The van der Waals surface area contributed by atoms with Crippen molar-refractivity contribution < 1.29 is 19.2 Å². The number of hydrogen-bond donors (Lipinski definition) is 3. The third kappa shape index (κ3) is 6.21. The van der Waals surface area contributed by atoms with E-state index in [0.717, 1.165) is 5.56 Å². The highest BCUT2D eigenvalue weighted by Crippen LogP contribution is 2.09. The molecular weight excluding hydrogens is 276 g/mol. The molecule has 0 saturated carbocycles. The minimum absolute atomic E-state index is 0.151. The van der Waals surface area contributed by atoms with Gasteiger partial charge < -0.3 is 4.74 Å². The summed E-state index contributed by atoms with van der Waals surface area (Å²) in [6.07, 6.45) is -0.932. The Morgan fingerprint density at radius 3 is 2.38 bits per heavy atom. The topological polar surface area (TPSA) is 106 Å². The molecule has 21 heavy (non-hydrogen) atoms. The Hall–Kier alpha value is -2.16. The smallest absolute Gasteiger partial charge is 0.435 e. The van der Waals surface area contributed by atoms with Crippen molar-refractivity contribution in [2.24, 2.45) is 5.84 Å². The number of nitrogens with two attached hydrogens (primary N) is 1. The summed E-state index contributed by atoms with van der Waals surface area (Å²) in [6.45, 7) is 5.18. The lowest BCUT2D eigenvalue weighted by molar-refractivity contribution is -0.0748. The molecule has 3 amide bonds. The van der Waals surface area contributed by atoms with Crippen LogP contribution in [0.5, 0.6) is 0 Å². The summed E-state index contributed by atoms with van der Waals surface area (Å²) in [5, 5.41) is 0.508. The minimum atomic E-state index is -0.932. The Bertz CT molecular complexity index is 473. The zero-order chi connectivity index (χ0) is 15.9. The quantitative estimate of drug-likeness (QED) is 0.441. The maximum atomic E-state index is 11.8. The molecule has 8 nitrogen and oxygen atoms in total. The van der Waals surface area contributed by atoms with Gasteiger partial charge in [-0.2, -0.15) is 0 Å². The SMILES string of the molecule is CC(C)(C)OC(=O)N(NOCc1ccccc1)C(=O)NN. The molecule has 116 valence electrons. The lowest BCUT2D eigenvalue weighted by atomic mass is 10.2. The zero-order valence-corrected chi connectivity index (χ0v) is 12.3. The Morgan fingerprint density at radius 2 is 1.86 bits per heavy atom. The molecule has 0 heterocycles. The molecule has 0 saturated heterocycles. The number of urea groups is 1. The molecule has 1 aromatic carbocycles. The van der Waals surface area contributed by atoms with Gasteiger partial charge in [0.05, 0.1) is 6.61 Å². The number of imide groups is 1. The molecule has 8 heteroatoms. The summed E-state index contributed by atoms with van der Waals surface area (Å²) in [6, 6.07) is 8.32. The summed E-state index contributed by atoms with van der Waals surface area (Å²) in [5.41, 5.74) is 4.14. The molecule has 0 radical (unpaired) electrons. The first-order chi connectivity index (χ1) is 9.83. The molecule has 0 spiro atoms. The second-order valence-electron chi connectivity index (χ2n) is 5.13. The molecule has 0 aliphatic rings. The van der Waals surface area contributed by atoms with E-state index in [2.05, 4.69) is 5.59 Å². The van der Waals surface area contributed by atoms with Crippen LogP contribution in [-0.4, -0.2) is 22.7 Å². The van der Waals surface area contributed by atoms with E-state index in [4.69, 9.17) is 15.4 Å². The van der Waals surface area contributed by atoms with Crippen molar-refractivity contribution in [3.05, 3.63) is 35.9 Å². The first-order valence-corrected chi connectivity index (χ1v) is 6.28. The lowest BCUT2D eigenvalue weighted by Crippen LogP contribution is -2.54. The molecule has 1 rings (SSSR count). The maximum Gasteiger partial charge on any atom is 0.435 e. The van der Waals surface area contributed by atoms with E-state index < -0.39 is 17.7 Å². The monoisotopic (exact) mass is 296 g/mol. The van der Waals surface area contributed by atoms with Crippen LogP contribution in [0.15, 0.2) is 30.3 Å². The van der Waals surface area contributed by atoms with Gasteiger partial charge >= 0.3 is 12.1 Å². The van der Waals surface area contributed by atoms with Crippen LogP contribution in [0.4, 0.5) is 9.59 Å². The molecule has 1 aromatic rings. The number of rotatable bonds is 4. The van der Waals surface area contributed by atoms with Crippen molar-refractivity contribution in [3.8, 4) is 0 Å². The largest absolute Gasteiger partial charge is 0.442 e. The van der Waals surface area contributed by atoms with Crippen LogP contribution in [0.1, 0.15) is 26.3 Å². The van der Waals surface area contributed by atoms with Crippen LogP contribution in [0.2, 0.25) is 0 Å². The summed E-state index contributed by atoms with van der Waals surface area (Å²) in [5.74, 6) is 5.01. The van der Waals surface area contributed by atoms with Gasteiger partial charge in [0.15, 0.2) is 0 Å². The molecule has 0 fully saturated rings. The van der Waals surface area contributed by atoms with Crippen molar-refractivity contribution in [2.75, 3.05) is 0 Å². The standard InChI is InChI=1S/C13H20N4O4/c1-13(2,3)21-12(19)17(11(18)15-14)16-20-9-10-7-5-4-6-8-10/h4-8,16H,9,14H2,1-3H3,(H,15,18). The molecule has 4 N–H and O–H groups in total. The normalized spacial score (nSPS) is 10.9. The Morgan fingerprint density at radius 1 is 1.24 bits per heavy atom. The average Bonchev–Trinajstić information content (AvgIpc) is 2.42. The first-order valence-electron chi connectivity index (χ1n) is 6.28. The minimum Gasteiger partial charge on any atom is -0.442 e. The predicted molar refractivity (Wildman–Crippen MR) is 75.2 cm³/mol. The van der Waals surface area contributed by atoms with Crippen LogP contribution in [0, 0.1) is 0 Å². The van der Waals surface area contributed by atoms with Crippen LogP contribution >= 0.6 is 0 Å². The second kappa shape index (κ2) is 7.58. The van der Waals surface area contributed by atoms with Crippen molar-refractivity contribution in [1.82, 2.24) is 16.0 Å². The van der Waals surface area contributed by atoms with Crippen LogP contribution in [0.25, 0.3) is 0 Å². The van der Waals surface area contributed by atoms with Gasteiger partial charge in [-0.15, -0.1) is 5.01 Å². The van der Waals surface area contributed by atoms with E-state index >= 15 is 0 Å². The van der Waals surface area contributed by atoms with Gasteiger partial charge in [-0.1, -0.05) is 35.9 Å². The number of hydrazine groups is 2. The van der Waals surface area contributed by atoms with Crippen LogP contribution < -0.4 is 16.9 Å². The summed E-state index contributed by atoms with van der Waals surface area (Å²) in [4.78, 5) is 28.5. The number of hydrogen-bond acceptors (Lipinski definition) is 6. The summed E-state index contributed by atoms with van der Waals surface area (Å²) in [7, 11) is 0. The zero-order valence-electron chi connectivity index (χ0n) is 12.3. The molecular formula is C13H20N4O4. The summed E-state index contributed by atoms with van der Waals surface area (Å²) >= 11 is 0. The summed E-state index contributed by atoms with van der Waals surface area (Å²) < 4.78 is 5.05. The predicted octanol–water partition coefficient (Wildman–Crippen LogP) is 1.44. The second-order valence-corrected chi connectivity index (χ2v) is 5.13. The average molecular weight is 296 g/mol. The fraction of sp³-hybridized carbons (Fsp3) is 0.385. The lowest BCUT2D eigenvalue weighted by Gasteiger charge is -2.25. The van der Waals surface area contributed by atoms with E-state index in [1.165, 1.54) is 0 Å². The molecule has 0 aliphatic heterocycles. The third-order valence-corrected chi connectivity index (χ3v) is 2.14. The fourth-order valence-corrected chi connectivity index (χ4v) is 1.29. The van der Waals surface area contributed by atoms with Gasteiger partial charge in [0.25, 0.3) is 0 Å². The third-order valence-electron chi connectivity index (χ3n) is 2.14. The van der Waals surface area contributed by atoms with Crippen molar-refractivity contribution >= 4 is 12.1 Å². The fourth-order valence-electron chi connectivity index (χ4n) is 1.29. The number of amides is 3. The highest BCUT2D eigenvalue weighted by molar-refractivity contribution is 5.89. The van der Waals surface area contributed by atoms with Gasteiger partial charge in [-0.25, -0.2) is 15.4 Å². The van der Waals surface area contributed by atoms with E-state index in [1.54, 1.807) is 20.8 Å². The van der Waals surface area contributed by atoms with Gasteiger partial charge in [0.1, 0.15) is 5.60 Å². The molecule has 0 unspecified atom stereocenters. The van der Waals surface area contributed by atoms with E-state index in [1.807, 2.05) is 35.8 Å². The number of carbonyl (C=O) groups is 2. The van der Waals surface area contributed by atoms with E-state index in [-0.39, 0.29) is 6.61 Å². The van der Waals surface area contributed by atoms with Gasteiger partial charge in [0.2, 0.25) is 0 Å². The first kappa shape index (κ1) is 16.9. The maximum absolute atomic E-state index is 11.8. The highest BCUT2D eigenvalue weighted by Gasteiger charge is 2.27. The van der Waals surface area contributed by atoms with Gasteiger partial charge in [0, 0.05) is 0 Å². The Balaban J connectivity index is 2.58. The highest BCUT2D eigenvalue weighted by atomic mass is 16.7. The van der Waals surface area contributed by atoms with Crippen molar-refractivity contribution in [3.63, 3.8) is 0 Å². The van der Waals surface area contributed by atoms with Crippen molar-refractivity contribution in [1.29, 1.82) is 0 Å². The number of nitrogens with zero attached hydrogens (tertiary/aromatic N) is 1. The van der Waals surface area contributed by atoms with Crippen molar-refractivity contribution in [2.45, 2.75) is 33.0 Å². The number of benzene rings is 1. The number of ether oxygens (including phenoxy) is 1. The van der Waals surface area contributed by atoms with Gasteiger partial charge in [-0.05, 0) is 26.3 Å². The van der Waals surface area contributed by atoms with Gasteiger partial charge in [-0.3, -0.25) is 10.3 Å². The molecule has 0 aliphatic carbocycles. The Labute approximate surface area is 123 Å². The molecule has 0 bridgehead atoms. The number of nitrogens with one attached hydrogen (secondary N) is 2. The van der Waals surface area contributed by atoms with Crippen LogP contribution in [0.3, 0.4) is 0 Å².